The van der Waals surface area contributed by atoms with E-state index in [1.165, 1.54) is 57.8 Å². The van der Waals surface area contributed by atoms with Crippen molar-refractivity contribution in [3.8, 4) is 0 Å². The summed E-state index contributed by atoms with van der Waals surface area (Å²) in [6.45, 7) is 6.41. The SMILES string of the molecule is CC/C=C\C/C=C\C/C=C\C/C=C\C/C=C\C/C=C\C/C=C\C/C=C\C/C=C\C/C=C\CCCCCCC(=O)OCC(COC(=O)CCCCCCC/C=C\CCC)OC(=O)CCCCCCC/C=C\CCCCCCC. The molecule has 0 heterocycles. The molecule has 0 aliphatic rings. The van der Waals surface area contributed by atoms with E-state index in [1.807, 2.05) is 0 Å². The van der Waals surface area contributed by atoms with E-state index in [0.717, 1.165) is 167 Å². The van der Waals surface area contributed by atoms with Crippen molar-refractivity contribution in [2.45, 2.75) is 271 Å². The maximum absolute atomic E-state index is 12.8. The Kier molecular flexibility index (Phi) is 59.9. The van der Waals surface area contributed by atoms with Crippen molar-refractivity contribution in [3.63, 3.8) is 0 Å². The Labute approximate surface area is 474 Å². The molecule has 0 spiro atoms. The third kappa shape index (κ3) is 62.0. The minimum absolute atomic E-state index is 0.0975. The van der Waals surface area contributed by atoms with Crippen LogP contribution < -0.4 is 0 Å². The van der Waals surface area contributed by atoms with Crippen LogP contribution in [0.4, 0.5) is 0 Å². The molecule has 0 rings (SSSR count). The highest BCUT2D eigenvalue weighted by Gasteiger charge is 2.19. The molecule has 0 saturated heterocycles. The topological polar surface area (TPSA) is 78.9 Å². The lowest BCUT2D eigenvalue weighted by atomic mass is 10.1. The molecule has 0 aromatic carbocycles. The molecule has 0 N–H and O–H groups in total. The zero-order valence-corrected chi connectivity index (χ0v) is 49.7. The minimum atomic E-state index is -0.800. The Morgan fingerprint density at radius 3 is 0.857 bits per heavy atom. The van der Waals surface area contributed by atoms with Crippen LogP contribution in [0.1, 0.15) is 265 Å². The van der Waals surface area contributed by atoms with E-state index >= 15 is 0 Å². The Morgan fingerprint density at radius 1 is 0.273 bits per heavy atom. The van der Waals surface area contributed by atoms with Crippen molar-refractivity contribution >= 4 is 17.9 Å². The maximum atomic E-state index is 12.8. The zero-order valence-electron chi connectivity index (χ0n) is 49.7. The smallest absolute Gasteiger partial charge is 0.306 e. The first-order valence-electron chi connectivity index (χ1n) is 31.3. The maximum Gasteiger partial charge on any atom is 0.306 e. The molecular weight excluding hydrogens is 949 g/mol. The number of carbonyl (C=O) groups excluding carboxylic acids is 3. The Bertz CT molecular complexity index is 1700. The molecule has 0 amide bonds. The Balaban J connectivity index is 4.27. The number of carbonyl (C=O) groups is 3. The summed E-state index contributed by atoms with van der Waals surface area (Å²) >= 11 is 0. The van der Waals surface area contributed by atoms with Gasteiger partial charge in [0, 0.05) is 19.3 Å². The highest BCUT2D eigenvalue weighted by Crippen LogP contribution is 2.14. The van der Waals surface area contributed by atoms with Crippen molar-refractivity contribution < 1.29 is 28.6 Å². The average Bonchev–Trinajstić information content (AvgIpc) is 3.43. The fraction of sp³-hybridized carbons (Fsp3) is 0.620. The number of hydrogen-bond donors (Lipinski definition) is 0. The lowest BCUT2D eigenvalue weighted by Gasteiger charge is -2.18. The molecule has 1 unspecified atom stereocenters. The third-order valence-corrected chi connectivity index (χ3v) is 12.8. The second kappa shape index (κ2) is 63.8. The van der Waals surface area contributed by atoms with Crippen LogP contribution in [0.2, 0.25) is 0 Å². The van der Waals surface area contributed by atoms with Gasteiger partial charge < -0.3 is 14.2 Å². The van der Waals surface area contributed by atoms with Gasteiger partial charge in [0.15, 0.2) is 6.10 Å². The first-order chi connectivity index (χ1) is 38.0. The van der Waals surface area contributed by atoms with Gasteiger partial charge in [0.1, 0.15) is 13.2 Å². The van der Waals surface area contributed by atoms with Crippen LogP contribution in [0, 0.1) is 0 Å². The van der Waals surface area contributed by atoms with E-state index in [4.69, 9.17) is 14.2 Å². The molecule has 77 heavy (non-hydrogen) atoms. The summed E-state index contributed by atoms with van der Waals surface area (Å²) in [5.74, 6) is -0.946. The average molecular weight is 1060 g/mol. The van der Waals surface area contributed by atoms with Crippen LogP contribution in [0.3, 0.4) is 0 Å². The second-order valence-corrected chi connectivity index (χ2v) is 20.2. The fourth-order valence-electron chi connectivity index (χ4n) is 8.11. The largest absolute Gasteiger partial charge is 0.462 e. The molecule has 0 aromatic rings. The summed E-state index contributed by atoms with van der Waals surface area (Å²) in [7, 11) is 0. The molecule has 6 heteroatoms. The predicted octanol–water partition coefficient (Wildman–Crippen LogP) is 21.5. The fourth-order valence-corrected chi connectivity index (χ4v) is 8.11. The lowest BCUT2D eigenvalue weighted by Crippen LogP contribution is -2.30. The van der Waals surface area contributed by atoms with Crippen LogP contribution in [-0.2, 0) is 28.6 Å². The highest BCUT2D eigenvalue weighted by atomic mass is 16.6. The summed E-state index contributed by atoms with van der Waals surface area (Å²) in [6.07, 6.45) is 91.5. The van der Waals surface area contributed by atoms with Gasteiger partial charge in [-0.2, -0.15) is 0 Å². The molecule has 0 saturated carbocycles. The van der Waals surface area contributed by atoms with E-state index in [9.17, 15) is 14.4 Å². The molecular formula is C71H114O6. The summed E-state index contributed by atoms with van der Waals surface area (Å²) in [4.78, 5) is 38.1. The Hall–Kier alpha value is -4.71. The van der Waals surface area contributed by atoms with E-state index in [0.29, 0.717) is 19.3 Å². The van der Waals surface area contributed by atoms with Gasteiger partial charge in [-0.05, 0) is 141 Å². The summed E-state index contributed by atoms with van der Waals surface area (Å²) in [6, 6.07) is 0. The number of ether oxygens (including phenoxy) is 3. The molecule has 6 nitrogen and oxygen atoms in total. The summed E-state index contributed by atoms with van der Waals surface area (Å²) < 4.78 is 16.8. The van der Waals surface area contributed by atoms with E-state index in [-0.39, 0.29) is 31.1 Å². The van der Waals surface area contributed by atoms with Crippen LogP contribution >= 0.6 is 0 Å². The second-order valence-electron chi connectivity index (χ2n) is 20.2. The van der Waals surface area contributed by atoms with Gasteiger partial charge in [0.05, 0.1) is 0 Å². The first-order valence-corrected chi connectivity index (χ1v) is 31.3. The highest BCUT2D eigenvalue weighted by molar-refractivity contribution is 5.71. The van der Waals surface area contributed by atoms with Crippen molar-refractivity contribution in [3.05, 3.63) is 146 Å². The number of esters is 3. The minimum Gasteiger partial charge on any atom is -0.462 e. The standard InChI is InChI=1S/C71H114O6/c1-4-7-10-13-16-19-22-24-26-27-28-29-30-31-32-33-34-35-36-37-38-39-40-41-42-43-44-45-46-48-49-52-55-58-61-64-70(73)76-67-68(66-75-69(72)63-60-57-54-51-21-18-15-12-9-6-3)77-71(74)65-62-59-56-53-50-47-25-23-20-17-14-11-8-5-2/h7,10,12,15-16,19,23-26,28-29,31-32,34-35,37-38,40-41,43-44,46,48,68H,4-6,8-9,11,13-14,17-18,20-22,27,30,33,36,39,42,45,47,49-67H2,1-3H3/b10-7-,15-12-,19-16-,25-23-,26-24-,29-28-,32-31-,35-34-,38-37-,41-40-,44-43-,48-46-. The van der Waals surface area contributed by atoms with Crippen LogP contribution in [0.15, 0.2) is 146 Å². The lowest BCUT2D eigenvalue weighted by molar-refractivity contribution is -0.167. The van der Waals surface area contributed by atoms with Crippen LogP contribution in [0.25, 0.3) is 0 Å². The number of rotatable bonds is 55. The van der Waals surface area contributed by atoms with Gasteiger partial charge in [0.25, 0.3) is 0 Å². The molecule has 0 bridgehead atoms. The van der Waals surface area contributed by atoms with E-state index < -0.39 is 6.10 Å². The molecule has 434 valence electrons. The van der Waals surface area contributed by atoms with Gasteiger partial charge >= 0.3 is 17.9 Å². The molecule has 0 fully saturated rings. The predicted molar refractivity (Wildman–Crippen MR) is 334 cm³/mol. The number of unbranched alkanes of at least 4 members (excludes halogenated alkanes) is 20. The van der Waals surface area contributed by atoms with Crippen molar-refractivity contribution in [2.75, 3.05) is 13.2 Å². The van der Waals surface area contributed by atoms with Gasteiger partial charge in [-0.15, -0.1) is 0 Å². The molecule has 0 radical (unpaired) electrons. The third-order valence-electron chi connectivity index (χ3n) is 12.8. The molecule has 0 aliphatic carbocycles. The van der Waals surface area contributed by atoms with Crippen LogP contribution in [-0.4, -0.2) is 37.2 Å². The number of allylic oxidation sites excluding steroid dienone is 24. The van der Waals surface area contributed by atoms with Crippen molar-refractivity contribution in [1.29, 1.82) is 0 Å². The van der Waals surface area contributed by atoms with E-state index in [2.05, 4.69) is 167 Å². The van der Waals surface area contributed by atoms with Gasteiger partial charge in [-0.1, -0.05) is 250 Å². The first kappa shape index (κ1) is 72.3. The molecule has 1 atom stereocenters. The molecule has 0 aromatic heterocycles. The van der Waals surface area contributed by atoms with Crippen LogP contribution in [0.5, 0.6) is 0 Å². The molecule has 0 aliphatic heterocycles. The van der Waals surface area contributed by atoms with Gasteiger partial charge in [0.2, 0.25) is 0 Å². The quantitative estimate of drug-likeness (QED) is 0.0261. The van der Waals surface area contributed by atoms with Gasteiger partial charge in [-0.3, -0.25) is 14.4 Å². The summed E-state index contributed by atoms with van der Waals surface area (Å²) in [5, 5.41) is 0. The normalized spacial score (nSPS) is 13.1. The van der Waals surface area contributed by atoms with E-state index in [1.54, 1.807) is 0 Å². The van der Waals surface area contributed by atoms with Crippen molar-refractivity contribution in [1.82, 2.24) is 0 Å². The summed E-state index contributed by atoms with van der Waals surface area (Å²) in [5.41, 5.74) is 0. The number of hydrogen-bond acceptors (Lipinski definition) is 6. The van der Waals surface area contributed by atoms with Gasteiger partial charge in [-0.25, -0.2) is 0 Å². The Morgan fingerprint density at radius 2 is 0.532 bits per heavy atom. The monoisotopic (exact) mass is 1060 g/mol. The van der Waals surface area contributed by atoms with Crippen molar-refractivity contribution in [2.24, 2.45) is 0 Å². The zero-order chi connectivity index (χ0) is 55.7.